The van der Waals surface area contributed by atoms with E-state index in [1.165, 1.54) is 22.4 Å². The van der Waals surface area contributed by atoms with E-state index in [4.69, 9.17) is 11.6 Å². The highest BCUT2D eigenvalue weighted by atomic mass is 35.5. The quantitative estimate of drug-likeness (QED) is 0.921. The molecule has 2 atom stereocenters. The van der Waals surface area contributed by atoms with E-state index < -0.39 is 0 Å². The maximum Gasteiger partial charge on any atom is 0.0485 e. The smallest absolute Gasteiger partial charge is 0.0485 e. The maximum absolute atomic E-state index is 6.18. The number of fused-ring (bicyclic) bond motifs is 1. The predicted octanol–water partition coefficient (Wildman–Crippen LogP) is 4.03. The largest absolute Gasteiger partial charge is 0.312 e. The number of benzene rings is 1. The summed E-state index contributed by atoms with van der Waals surface area (Å²) < 4.78 is 0. The molecule has 3 heteroatoms. The number of hydrogen-bond donors (Lipinski definition) is 1. The van der Waals surface area contributed by atoms with Gasteiger partial charge in [0.1, 0.15) is 0 Å². The highest BCUT2D eigenvalue weighted by Gasteiger charge is 2.31. The summed E-state index contributed by atoms with van der Waals surface area (Å²) in [4.78, 5) is 4.61. The Morgan fingerprint density at radius 2 is 2.20 bits per heavy atom. The molecule has 0 saturated heterocycles. The van der Waals surface area contributed by atoms with E-state index in [1.54, 1.807) is 0 Å². The van der Waals surface area contributed by atoms with Crippen LogP contribution in [-0.4, -0.2) is 12.0 Å². The third-order valence-corrected chi connectivity index (χ3v) is 4.53. The summed E-state index contributed by atoms with van der Waals surface area (Å²) in [5.74, 6) is 0.424. The number of hydrogen-bond acceptors (Lipinski definition) is 2. The molecule has 0 bridgehead atoms. The van der Waals surface area contributed by atoms with Crippen LogP contribution < -0.4 is 5.32 Å². The van der Waals surface area contributed by atoms with E-state index in [0.29, 0.717) is 5.92 Å². The lowest BCUT2D eigenvalue weighted by atomic mass is 9.88. The molecule has 1 aromatic carbocycles. The molecule has 0 spiro atoms. The Hall–Kier alpha value is -1.38. The van der Waals surface area contributed by atoms with Gasteiger partial charge in [-0.15, -0.1) is 0 Å². The minimum absolute atomic E-state index is 0.268. The van der Waals surface area contributed by atoms with Crippen molar-refractivity contribution in [3.8, 4) is 0 Å². The fourth-order valence-corrected chi connectivity index (χ4v) is 3.47. The van der Waals surface area contributed by atoms with Gasteiger partial charge in [-0.3, -0.25) is 4.98 Å². The lowest BCUT2D eigenvalue weighted by Gasteiger charge is -2.25. The fraction of sp³-hybridized carbons (Fsp3) is 0.353. The molecule has 1 aliphatic carbocycles. The second kappa shape index (κ2) is 5.55. The second-order valence-electron chi connectivity index (χ2n) is 5.46. The number of pyridine rings is 1. The molecule has 0 radical (unpaired) electrons. The van der Waals surface area contributed by atoms with Gasteiger partial charge in [0.25, 0.3) is 0 Å². The van der Waals surface area contributed by atoms with Crippen molar-refractivity contribution in [3.63, 3.8) is 0 Å². The molecule has 1 aliphatic rings. The second-order valence-corrected chi connectivity index (χ2v) is 5.90. The zero-order chi connectivity index (χ0) is 14.1. The Kier molecular flexibility index (Phi) is 3.77. The van der Waals surface area contributed by atoms with Crippen molar-refractivity contribution < 1.29 is 0 Å². The molecule has 20 heavy (non-hydrogen) atoms. The Labute approximate surface area is 125 Å². The van der Waals surface area contributed by atoms with Crippen molar-refractivity contribution in [1.29, 1.82) is 0 Å². The van der Waals surface area contributed by atoms with Gasteiger partial charge in [0.2, 0.25) is 0 Å². The van der Waals surface area contributed by atoms with Gasteiger partial charge < -0.3 is 5.32 Å². The molecule has 2 nitrogen and oxygen atoms in total. The van der Waals surface area contributed by atoms with Gasteiger partial charge in [0, 0.05) is 28.9 Å². The summed E-state index contributed by atoms with van der Waals surface area (Å²) in [6, 6.07) is 10.6. The van der Waals surface area contributed by atoms with E-state index in [2.05, 4.69) is 35.4 Å². The third-order valence-electron chi connectivity index (χ3n) is 4.29. The average Bonchev–Trinajstić information content (AvgIpc) is 2.88. The van der Waals surface area contributed by atoms with E-state index in [0.717, 1.165) is 17.9 Å². The lowest BCUT2D eigenvalue weighted by molar-refractivity contribution is 0.468. The van der Waals surface area contributed by atoms with Crippen LogP contribution in [0.15, 0.2) is 36.5 Å². The molecule has 1 aromatic heterocycles. The minimum atomic E-state index is 0.268. The predicted molar refractivity (Wildman–Crippen MR) is 83.3 cm³/mol. The number of aromatic nitrogens is 1. The van der Waals surface area contributed by atoms with Crippen molar-refractivity contribution in [3.05, 3.63) is 63.9 Å². The number of nitrogens with zero attached hydrogens (tertiary/aromatic N) is 1. The zero-order valence-corrected chi connectivity index (χ0v) is 12.6. The molecule has 0 aliphatic heterocycles. The van der Waals surface area contributed by atoms with Crippen LogP contribution >= 0.6 is 11.6 Å². The number of nitrogens with one attached hydrogen (secondary N) is 1. The topological polar surface area (TPSA) is 24.9 Å². The van der Waals surface area contributed by atoms with Crippen LogP contribution in [-0.2, 0) is 6.42 Å². The Bertz CT molecular complexity index is 624. The summed E-state index contributed by atoms with van der Waals surface area (Å²) in [5, 5.41) is 4.27. The van der Waals surface area contributed by atoms with Crippen molar-refractivity contribution >= 4 is 11.6 Å². The molecule has 104 valence electrons. The first kappa shape index (κ1) is 13.6. The van der Waals surface area contributed by atoms with Crippen LogP contribution in [0, 0.1) is 6.92 Å². The Morgan fingerprint density at radius 1 is 1.35 bits per heavy atom. The van der Waals surface area contributed by atoms with Crippen molar-refractivity contribution in [2.45, 2.75) is 31.7 Å². The fourth-order valence-electron chi connectivity index (χ4n) is 3.29. The highest BCUT2D eigenvalue weighted by Crippen LogP contribution is 2.41. The van der Waals surface area contributed by atoms with Crippen LogP contribution in [0.2, 0.25) is 5.02 Å². The summed E-state index contributed by atoms with van der Waals surface area (Å²) in [7, 11) is 2.02. The van der Waals surface area contributed by atoms with Crippen LogP contribution in [0.25, 0.3) is 0 Å². The van der Waals surface area contributed by atoms with Crippen LogP contribution in [0.4, 0.5) is 0 Å². The summed E-state index contributed by atoms with van der Waals surface area (Å²) in [6.45, 7) is 2.14. The van der Waals surface area contributed by atoms with Crippen molar-refractivity contribution in [2.24, 2.45) is 0 Å². The highest BCUT2D eigenvalue weighted by molar-refractivity contribution is 6.30. The monoisotopic (exact) mass is 286 g/mol. The van der Waals surface area contributed by atoms with Crippen molar-refractivity contribution in [1.82, 2.24) is 10.3 Å². The molecule has 2 aromatic rings. The summed E-state index contributed by atoms with van der Waals surface area (Å²) in [6.07, 6.45) is 4.16. The van der Waals surface area contributed by atoms with Crippen molar-refractivity contribution in [2.75, 3.05) is 7.05 Å². The Morgan fingerprint density at radius 3 is 3.00 bits per heavy atom. The molecule has 0 fully saturated rings. The first-order valence-electron chi connectivity index (χ1n) is 7.08. The summed E-state index contributed by atoms with van der Waals surface area (Å²) >= 11 is 6.18. The van der Waals surface area contributed by atoms with E-state index in [-0.39, 0.29) is 6.04 Å². The summed E-state index contributed by atoms with van der Waals surface area (Å²) in [5.41, 5.74) is 5.19. The molecule has 0 amide bonds. The molecule has 0 saturated carbocycles. The van der Waals surface area contributed by atoms with Crippen LogP contribution in [0.5, 0.6) is 0 Å². The molecule has 1 heterocycles. The molecular weight excluding hydrogens is 268 g/mol. The van der Waals surface area contributed by atoms with Crippen LogP contribution in [0.1, 0.15) is 40.8 Å². The standard InChI is InChI=1S/C17H19ClN2/c1-11-5-7-13(18)10-15(11)17(19-2)14-8-6-12-4-3-9-20-16(12)14/h3-5,7,9-10,14,17,19H,6,8H2,1-2H3. The number of rotatable bonds is 3. The molecule has 3 rings (SSSR count). The Balaban J connectivity index is 2.01. The van der Waals surface area contributed by atoms with Gasteiger partial charge in [-0.2, -0.15) is 0 Å². The third kappa shape index (κ3) is 2.34. The van der Waals surface area contributed by atoms with Gasteiger partial charge >= 0.3 is 0 Å². The normalized spacial score (nSPS) is 18.9. The zero-order valence-electron chi connectivity index (χ0n) is 11.9. The van der Waals surface area contributed by atoms with E-state index in [1.807, 2.05) is 25.4 Å². The number of likely N-dealkylation sites (N-methyl/N-ethyl adjacent to an activating group) is 1. The average molecular weight is 287 g/mol. The number of aryl methyl sites for hydroxylation is 2. The molecule has 1 N–H and O–H groups in total. The lowest BCUT2D eigenvalue weighted by Crippen LogP contribution is -2.24. The van der Waals surface area contributed by atoms with Gasteiger partial charge in [-0.25, -0.2) is 0 Å². The van der Waals surface area contributed by atoms with Gasteiger partial charge in [0.15, 0.2) is 0 Å². The number of halogens is 1. The SMILES string of the molecule is CNC(c1cc(Cl)ccc1C)C1CCc2cccnc21. The van der Waals surface area contributed by atoms with E-state index in [9.17, 15) is 0 Å². The minimum Gasteiger partial charge on any atom is -0.312 e. The molecular formula is C17H19ClN2. The molecule has 2 unspecified atom stereocenters. The van der Waals surface area contributed by atoms with Crippen LogP contribution in [0.3, 0.4) is 0 Å². The van der Waals surface area contributed by atoms with Gasteiger partial charge in [-0.1, -0.05) is 23.7 Å². The van der Waals surface area contributed by atoms with Gasteiger partial charge in [0.05, 0.1) is 0 Å². The van der Waals surface area contributed by atoms with Gasteiger partial charge in [-0.05, 0) is 61.7 Å². The van der Waals surface area contributed by atoms with E-state index >= 15 is 0 Å². The first-order valence-corrected chi connectivity index (χ1v) is 7.45. The maximum atomic E-state index is 6.18. The first-order chi connectivity index (χ1) is 9.70.